The van der Waals surface area contributed by atoms with Crippen LogP contribution in [0.25, 0.3) is 0 Å². The molecule has 1 aromatic rings. The Morgan fingerprint density at radius 3 is 2.71 bits per heavy atom. The zero-order valence-electron chi connectivity index (χ0n) is 12.0. The van der Waals surface area contributed by atoms with Crippen LogP contribution in [0.3, 0.4) is 0 Å². The Kier molecular flexibility index (Phi) is 6.97. The van der Waals surface area contributed by atoms with Gasteiger partial charge >= 0.3 is 5.97 Å². The molecule has 8 heteroatoms. The predicted octanol–water partition coefficient (Wildman–Crippen LogP) is 1.02. The summed E-state index contributed by atoms with van der Waals surface area (Å²) in [5, 5.41) is 0. The zero-order chi connectivity index (χ0) is 15.7. The highest BCUT2D eigenvalue weighted by molar-refractivity contribution is 7.92. The van der Waals surface area contributed by atoms with Crippen LogP contribution in [0.1, 0.15) is 6.42 Å². The fourth-order valence-corrected chi connectivity index (χ4v) is 2.56. The van der Waals surface area contributed by atoms with Gasteiger partial charge in [0.15, 0.2) is 6.61 Å². The molecule has 0 unspecified atom stereocenters. The first kappa shape index (κ1) is 17.3. The summed E-state index contributed by atoms with van der Waals surface area (Å²) in [5.41, 5.74) is 0.370. The Balaban J connectivity index is 2.61. The third-order valence-electron chi connectivity index (χ3n) is 2.45. The van der Waals surface area contributed by atoms with E-state index in [1.54, 1.807) is 18.2 Å². The molecule has 0 radical (unpaired) electrons. The summed E-state index contributed by atoms with van der Waals surface area (Å²) >= 11 is 0. The van der Waals surface area contributed by atoms with Crippen LogP contribution in [0.2, 0.25) is 0 Å². The van der Waals surface area contributed by atoms with Crippen molar-refractivity contribution in [2.24, 2.45) is 0 Å². The highest BCUT2D eigenvalue weighted by atomic mass is 32.2. The molecule has 1 N–H and O–H groups in total. The largest absolute Gasteiger partial charge is 0.482 e. The lowest BCUT2D eigenvalue weighted by Gasteiger charge is -2.10. The Morgan fingerprint density at radius 1 is 1.29 bits per heavy atom. The number of rotatable bonds is 9. The highest BCUT2D eigenvalue weighted by Gasteiger charge is 2.10. The number of benzene rings is 1. The van der Waals surface area contributed by atoms with Gasteiger partial charge in [-0.25, -0.2) is 13.2 Å². The monoisotopic (exact) mass is 317 g/mol. The van der Waals surface area contributed by atoms with E-state index in [2.05, 4.69) is 9.46 Å². The molecule has 118 valence electrons. The van der Waals surface area contributed by atoms with E-state index in [1.165, 1.54) is 20.3 Å². The molecule has 0 aliphatic rings. The van der Waals surface area contributed by atoms with Gasteiger partial charge in [-0.2, -0.15) is 0 Å². The standard InChI is InChI=1S/C13H19NO6S/c1-18-7-4-8-21(16,17)14-11-5-3-6-12(9-11)20-10-13(15)19-2/h3,5-6,9,14H,4,7-8,10H2,1-2H3. The molecule has 0 bridgehead atoms. The van der Waals surface area contributed by atoms with Gasteiger partial charge in [0, 0.05) is 19.8 Å². The lowest BCUT2D eigenvalue weighted by molar-refractivity contribution is -0.142. The van der Waals surface area contributed by atoms with Crippen LogP contribution in [0, 0.1) is 0 Å². The second kappa shape index (κ2) is 8.48. The molecule has 0 saturated carbocycles. The van der Waals surface area contributed by atoms with Gasteiger partial charge in [0.2, 0.25) is 10.0 Å². The lowest BCUT2D eigenvalue weighted by atomic mass is 10.3. The zero-order valence-corrected chi connectivity index (χ0v) is 12.8. The summed E-state index contributed by atoms with van der Waals surface area (Å²) < 4.78 is 40.5. The number of methoxy groups -OCH3 is 2. The molecule has 0 aromatic heterocycles. The smallest absolute Gasteiger partial charge is 0.343 e. The van der Waals surface area contributed by atoms with Crippen molar-refractivity contribution in [3.8, 4) is 5.75 Å². The number of carbonyl (C=O) groups excluding carboxylic acids is 1. The summed E-state index contributed by atoms with van der Waals surface area (Å²) in [6, 6.07) is 6.33. The second-order valence-corrected chi connectivity index (χ2v) is 6.00. The summed E-state index contributed by atoms with van der Waals surface area (Å²) in [6.07, 6.45) is 0.407. The van der Waals surface area contributed by atoms with Crippen molar-refractivity contribution in [1.82, 2.24) is 0 Å². The van der Waals surface area contributed by atoms with Crippen LogP contribution in [-0.4, -0.2) is 47.6 Å². The van der Waals surface area contributed by atoms with Gasteiger partial charge in [-0.3, -0.25) is 4.72 Å². The third kappa shape index (κ3) is 6.96. The van der Waals surface area contributed by atoms with Gasteiger partial charge < -0.3 is 14.2 Å². The summed E-state index contributed by atoms with van der Waals surface area (Å²) in [7, 11) is -0.661. The number of hydrogen-bond donors (Lipinski definition) is 1. The molecular formula is C13H19NO6S. The maximum Gasteiger partial charge on any atom is 0.343 e. The van der Waals surface area contributed by atoms with E-state index < -0.39 is 16.0 Å². The van der Waals surface area contributed by atoms with E-state index in [9.17, 15) is 13.2 Å². The lowest BCUT2D eigenvalue weighted by Crippen LogP contribution is -2.18. The topological polar surface area (TPSA) is 90.9 Å². The highest BCUT2D eigenvalue weighted by Crippen LogP contribution is 2.18. The fourth-order valence-electron chi connectivity index (χ4n) is 1.47. The van der Waals surface area contributed by atoms with Crippen molar-refractivity contribution in [1.29, 1.82) is 0 Å². The van der Waals surface area contributed by atoms with Crippen molar-refractivity contribution < 1.29 is 27.4 Å². The van der Waals surface area contributed by atoms with Gasteiger partial charge in [-0.05, 0) is 18.6 Å². The maximum absolute atomic E-state index is 11.8. The number of sulfonamides is 1. The van der Waals surface area contributed by atoms with E-state index in [4.69, 9.17) is 9.47 Å². The molecular weight excluding hydrogens is 298 g/mol. The average Bonchev–Trinajstić information content (AvgIpc) is 2.44. The molecule has 0 saturated heterocycles. The van der Waals surface area contributed by atoms with E-state index in [-0.39, 0.29) is 12.4 Å². The Bertz CT molecular complexity index is 558. The van der Waals surface area contributed by atoms with Crippen molar-refractivity contribution in [3.63, 3.8) is 0 Å². The van der Waals surface area contributed by atoms with Crippen molar-refractivity contribution in [2.75, 3.05) is 37.9 Å². The van der Waals surface area contributed by atoms with Gasteiger partial charge in [-0.15, -0.1) is 0 Å². The average molecular weight is 317 g/mol. The molecule has 1 rings (SSSR count). The minimum Gasteiger partial charge on any atom is -0.482 e. The van der Waals surface area contributed by atoms with Crippen molar-refractivity contribution in [3.05, 3.63) is 24.3 Å². The van der Waals surface area contributed by atoms with Crippen LogP contribution >= 0.6 is 0 Å². The molecule has 0 fully saturated rings. The maximum atomic E-state index is 11.8. The molecule has 0 aliphatic carbocycles. The Labute approximate surface area is 124 Å². The fraction of sp³-hybridized carbons (Fsp3) is 0.462. The number of esters is 1. The molecule has 7 nitrogen and oxygen atoms in total. The van der Waals surface area contributed by atoms with Crippen LogP contribution in [0.5, 0.6) is 5.75 Å². The summed E-state index contributed by atoms with van der Waals surface area (Å²) in [6.45, 7) is 0.143. The van der Waals surface area contributed by atoms with E-state index in [0.29, 0.717) is 24.5 Å². The third-order valence-corrected chi connectivity index (χ3v) is 3.83. The first-order valence-corrected chi connectivity index (χ1v) is 7.91. The Morgan fingerprint density at radius 2 is 2.05 bits per heavy atom. The Hall–Kier alpha value is -1.80. The molecule has 0 amide bonds. The quantitative estimate of drug-likeness (QED) is 0.540. The van der Waals surface area contributed by atoms with Gasteiger partial charge in [0.1, 0.15) is 5.75 Å². The normalized spacial score (nSPS) is 11.0. The van der Waals surface area contributed by atoms with Crippen LogP contribution in [0.15, 0.2) is 24.3 Å². The van der Waals surface area contributed by atoms with Crippen LogP contribution in [0.4, 0.5) is 5.69 Å². The van der Waals surface area contributed by atoms with Crippen molar-refractivity contribution in [2.45, 2.75) is 6.42 Å². The second-order valence-electron chi connectivity index (χ2n) is 4.16. The van der Waals surface area contributed by atoms with Gasteiger partial charge in [0.05, 0.1) is 18.6 Å². The van der Waals surface area contributed by atoms with E-state index in [1.807, 2.05) is 0 Å². The molecule has 0 atom stereocenters. The predicted molar refractivity (Wildman–Crippen MR) is 77.9 cm³/mol. The van der Waals surface area contributed by atoms with Crippen LogP contribution < -0.4 is 9.46 Å². The number of hydrogen-bond acceptors (Lipinski definition) is 6. The number of ether oxygens (including phenoxy) is 3. The number of anilines is 1. The summed E-state index contributed by atoms with van der Waals surface area (Å²) in [5.74, 6) is -0.174. The van der Waals surface area contributed by atoms with Crippen molar-refractivity contribution >= 4 is 21.7 Å². The minimum atomic E-state index is -3.44. The first-order chi connectivity index (χ1) is 9.96. The van der Waals surface area contributed by atoms with E-state index >= 15 is 0 Å². The summed E-state index contributed by atoms with van der Waals surface area (Å²) in [4.78, 5) is 11.0. The molecule has 0 heterocycles. The number of nitrogens with one attached hydrogen (secondary N) is 1. The minimum absolute atomic E-state index is 0.0336. The van der Waals surface area contributed by atoms with Gasteiger partial charge in [0.25, 0.3) is 0 Å². The SMILES string of the molecule is COCCCS(=O)(=O)Nc1cccc(OCC(=O)OC)c1. The van der Waals surface area contributed by atoms with Gasteiger partial charge in [-0.1, -0.05) is 6.07 Å². The molecule has 1 aromatic carbocycles. The first-order valence-electron chi connectivity index (χ1n) is 6.26. The van der Waals surface area contributed by atoms with E-state index in [0.717, 1.165) is 0 Å². The number of carbonyl (C=O) groups is 1. The molecule has 0 spiro atoms. The molecule has 0 aliphatic heterocycles. The molecule has 21 heavy (non-hydrogen) atoms. The van der Waals surface area contributed by atoms with Crippen LogP contribution in [-0.2, 0) is 24.3 Å².